The van der Waals surface area contributed by atoms with Gasteiger partial charge in [0.05, 0.1) is 24.1 Å². The van der Waals surface area contributed by atoms with Crippen molar-refractivity contribution in [3.63, 3.8) is 0 Å². The van der Waals surface area contributed by atoms with Crippen LogP contribution in [0.2, 0.25) is 5.02 Å². The number of benzene rings is 2. The van der Waals surface area contributed by atoms with E-state index >= 15 is 0 Å². The van der Waals surface area contributed by atoms with Gasteiger partial charge in [0.25, 0.3) is 0 Å². The molecule has 0 aliphatic carbocycles. The summed E-state index contributed by atoms with van der Waals surface area (Å²) in [6.45, 7) is 5.93. The molecule has 0 aliphatic heterocycles. The first-order valence-corrected chi connectivity index (χ1v) is 15.0. The van der Waals surface area contributed by atoms with Gasteiger partial charge >= 0.3 is 0 Å². The summed E-state index contributed by atoms with van der Waals surface area (Å²) in [6.07, 6.45) is 2.20. The number of carbonyl (C=O) groups excluding carboxylic acids is 2. The van der Waals surface area contributed by atoms with E-state index in [9.17, 15) is 18.0 Å². The molecular formula is C26H35BrClN3O5S. The molecule has 0 radical (unpaired) electrons. The molecule has 0 aliphatic rings. The molecule has 0 bridgehead atoms. The second-order valence-electron chi connectivity index (χ2n) is 8.90. The lowest BCUT2D eigenvalue weighted by Gasteiger charge is -2.30. The van der Waals surface area contributed by atoms with Crippen molar-refractivity contribution < 1.29 is 22.7 Å². The van der Waals surface area contributed by atoms with Gasteiger partial charge in [-0.3, -0.25) is 13.9 Å². The minimum absolute atomic E-state index is 0.0146. The van der Waals surface area contributed by atoms with Crippen LogP contribution in [0.15, 0.2) is 46.9 Å². The zero-order valence-corrected chi connectivity index (χ0v) is 25.0. The van der Waals surface area contributed by atoms with Crippen molar-refractivity contribution in [3.8, 4) is 5.75 Å². The summed E-state index contributed by atoms with van der Waals surface area (Å²) in [7, 11) is -2.15. The molecular weight excluding hydrogens is 582 g/mol. The lowest BCUT2D eigenvalue weighted by atomic mass is 10.1. The second kappa shape index (κ2) is 14.0. The summed E-state index contributed by atoms with van der Waals surface area (Å²) in [5, 5.41) is 3.22. The fraction of sp³-hybridized carbons (Fsp3) is 0.462. The molecule has 204 valence electrons. The van der Waals surface area contributed by atoms with E-state index in [2.05, 4.69) is 21.2 Å². The van der Waals surface area contributed by atoms with Gasteiger partial charge in [0.2, 0.25) is 21.8 Å². The Bertz CT molecular complexity index is 1180. The van der Waals surface area contributed by atoms with Crippen LogP contribution in [0.1, 0.15) is 45.6 Å². The van der Waals surface area contributed by atoms with E-state index in [-0.39, 0.29) is 48.8 Å². The van der Waals surface area contributed by atoms with Crippen LogP contribution in [0.5, 0.6) is 5.75 Å². The summed E-state index contributed by atoms with van der Waals surface area (Å²) < 4.78 is 32.3. The SMILES string of the molecule is CC[C@H](C)NC(=O)[C@H](C)N(Cc1ccc(Br)cc1)C(=O)CCCN(c1ccc(OC)c(Cl)c1)S(C)(=O)=O. The Kier molecular flexibility index (Phi) is 11.7. The van der Waals surface area contributed by atoms with Crippen LogP contribution in [-0.4, -0.2) is 57.1 Å². The van der Waals surface area contributed by atoms with Gasteiger partial charge in [0.15, 0.2) is 0 Å². The number of ether oxygens (including phenoxy) is 1. The second-order valence-corrected chi connectivity index (χ2v) is 12.1. The molecule has 0 spiro atoms. The number of carbonyl (C=O) groups is 2. The number of anilines is 1. The van der Waals surface area contributed by atoms with Gasteiger partial charge in [-0.25, -0.2) is 8.42 Å². The Morgan fingerprint density at radius 2 is 1.78 bits per heavy atom. The van der Waals surface area contributed by atoms with E-state index in [0.717, 1.165) is 22.7 Å². The van der Waals surface area contributed by atoms with E-state index in [1.165, 1.54) is 22.4 Å². The van der Waals surface area contributed by atoms with Crippen LogP contribution >= 0.6 is 27.5 Å². The zero-order chi connectivity index (χ0) is 27.8. The molecule has 0 heterocycles. The zero-order valence-electron chi connectivity index (χ0n) is 21.8. The summed E-state index contributed by atoms with van der Waals surface area (Å²) in [5.74, 6) is -0.0383. The number of rotatable bonds is 13. The van der Waals surface area contributed by atoms with Crippen molar-refractivity contribution in [2.24, 2.45) is 0 Å². The van der Waals surface area contributed by atoms with Crippen molar-refractivity contribution in [3.05, 3.63) is 57.5 Å². The monoisotopic (exact) mass is 615 g/mol. The number of nitrogens with one attached hydrogen (secondary N) is 1. The van der Waals surface area contributed by atoms with Gasteiger partial charge in [-0.1, -0.05) is 46.6 Å². The summed E-state index contributed by atoms with van der Waals surface area (Å²) in [6, 6.07) is 11.6. The molecule has 1 N–H and O–H groups in total. The molecule has 2 atom stereocenters. The molecule has 37 heavy (non-hydrogen) atoms. The van der Waals surface area contributed by atoms with Crippen LogP contribution in [0.3, 0.4) is 0 Å². The molecule has 2 amide bonds. The highest BCUT2D eigenvalue weighted by molar-refractivity contribution is 9.10. The molecule has 2 rings (SSSR count). The quantitative estimate of drug-likeness (QED) is 0.342. The number of halogens is 2. The van der Waals surface area contributed by atoms with Gasteiger partial charge in [-0.05, 0) is 62.6 Å². The molecule has 8 nitrogen and oxygen atoms in total. The lowest BCUT2D eigenvalue weighted by molar-refractivity contribution is -0.140. The summed E-state index contributed by atoms with van der Waals surface area (Å²) in [4.78, 5) is 27.8. The fourth-order valence-corrected chi connectivity index (χ4v) is 5.12. The Labute approximate surface area is 233 Å². The summed E-state index contributed by atoms with van der Waals surface area (Å²) >= 11 is 9.61. The first kappa shape index (κ1) is 30.9. The van der Waals surface area contributed by atoms with E-state index in [4.69, 9.17) is 16.3 Å². The minimum Gasteiger partial charge on any atom is -0.495 e. The number of amides is 2. The highest BCUT2D eigenvalue weighted by Gasteiger charge is 2.27. The molecule has 11 heteroatoms. The highest BCUT2D eigenvalue weighted by atomic mass is 79.9. The maximum atomic E-state index is 13.4. The van der Waals surface area contributed by atoms with E-state index in [1.54, 1.807) is 19.1 Å². The average Bonchev–Trinajstić information content (AvgIpc) is 2.84. The van der Waals surface area contributed by atoms with Crippen molar-refractivity contribution in [2.75, 3.05) is 24.2 Å². The molecule has 0 aromatic heterocycles. The van der Waals surface area contributed by atoms with Crippen molar-refractivity contribution in [2.45, 2.75) is 58.7 Å². The predicted octanol–water partition coefficient (Wildman–Crippen LogP) is 4.99. The normalized spacial score (nSPS) is 12.9. The van der Waals surface area contributed by atoms with E-state index in [1.807, 2.05) is 38.1 Å². The van der Waals surface area contributed by atoms with Crippen molar-refractivity contribution >= 4 is 55.1 Å². The Balaban J connectivity index is 2.19. The first-order chi connectivity index (χ1) is 17.4. The van der Waals surface area contributed by atoms with Gasteiger partial charge in [0.1, 0.15) is 11.8 Å². The molecule has 0 saturated carbocycles. The summed E-state index contributed by atoms with van der Waals surface area (Å²) in [5.41, 5.74) is 1.26. The highest BCUT2D eigenvalue weighted by Crippen LogP contribution is 2.30. The molecule has 0 fully saturated rings. The predicted molar refractivity (Wildman–Crippen MR) is 151 cm³/mol. The van der Waals surface area contributed by atoms with E-state index < -0.39 is 16.1 Å². The maximum Gasteiger partial charge on any atom is 0.242 e. The molecule has 2 aromatic carbocycles. The molecule has 0 unspecified atom stereocenters. The Morgan fingerprint density at radius 1 is 1.14 bits per heavy atom. The van der Waals surface area contributed by atoms with Crippen LogP contribution in [0, 0.1) is 0 Å². The Morgan fingerprint density at radius 3 is 2.32 bits per heavy atom. The maximum absolute atomic E-state index is 13.4. The van der Waals surface area contributed by atoms with Crippen LogP contribution in [-0.2, 0) is 26.2 Å². The Hall–Kier alpha value is -2.30. The third-order valence-electron chi connectivity index (χ3n) is 6.01. The van der Waals surface area contributed by atoms with Gasteiger partial charge in [-0.15, -0.1) is 0 Å². The number of hydrogen-bond acceptors (Lipinski definition) is 5. The number of hydrogen-bond donors (Lipinski definition) is 1. The van der Waals surface area contributed by atoms with Crippen molar-refractivity contribution in [1.29, 1.82) is 0 Å². The largest absolute Gasteiger partial charge is 0.495 e. The van der Waals surface area contributed by atoms with E-state index in [0.29, 0.717) is 11.4 Å². The minimum atomic E-state index is -3.63. The van der Waals surface area contributed by atoms with Crippen LogP contribution in [0.25, 0.3) is 0 Å². The van der Waals surface area contributed by atoms with Gasteiger partial charge in [0, 0.05) is 30.0 Å². The number of methoxy groups -OCH3 is 1. The lowest BCUT2D eigenvalue weighted by Crippen LogP contribution is -2.49. The smallest absolute Gasteiger partial charge is 0.242 e. The number of nitrogens with zero attached hydrogens (tertiary/aromatic N) is 2. The molecule has 2 aromatic rings. The van der Waals surface area contributed by atoms with Crippen LogP contribution in [0.4, 0.5) is 5.69 Å². The van der Waals surface area contributed by atoms with Gasteiger partial charge in [-0.2, -0.15) is 0 Å². The van der Waals surface area contributed by atoms with Crippen molar-refractivity contribution in [1.82, 2.24) is 10.2 Å². The fourth-order valence-electron chi connectivity index (χ4n) is 3.65. The third kappa shape index (κ3) is 9.19. The van der Waals surface area contributed by atoms with Gasteiger partial charge < -0.3 is 15.0 Å². The topological polar surface area (TPSA) is 96.0 Å². The van der Waals surface area contributed by atoms with Crippen LogP contribution < -0.4 is 14.4 Å². The number of sulfonamides is 1. The molecule has 0 saturated heterocycles. The average molecular weight is 617 g/mol. The standard InChI is InChI=1S/C26H35BrClN3O5S/c1-6-18(2)29-26(33)19(3)30(17-20-9-11-21(27)12-10-20)25(32)8-7-15-31(37(5,34)35)22-13-14-24(36-4)23(28)16-22/h9-14,16,18-19H,6-8,15,17H2,1-5H3,(H,29,33)/t18-,19-/m0/s1. The third-order valence-corrected chi connectivity index (χ3v) is 8.03. The first-order valence-electron chi connectivity index (χ1n) is 12.0.